The summed E-state index contributed by atoms with van der Waals surface area (Å²) >= 11 is 0. The lowest BCUT2D eigenvalue weighted by Gasteiger charge is -1.99. The molecule has 2 aromatic rings. The van der Waals surface area contributed by atoms with E-state index in [4.69, 9.17) is 5.21 Å². The van der Waals surface area contributed by atoms with E-state index in [1.165, 1.54) is 0 Å². The standard InChI is InChI=1S/C9H7N5O/c15-14-7(8-10-3-1-4-11-8)9-12-5-2-6-13-9/h1-6,15H. The minimum atomic E-state index is 0.149. The van der Waals surface area contributed by atoms with Crippen LogP contribution in [0.3, 0.4) is 0 Å². The van der Waals surface area contributed by atoms with Gasteiger partial charge in [-0.25, -0.2) is 19.9 Å². The molecule has 2 rings (SSSR count). The molecule has 0 radical (unpaired) electrons. The van der Waals surface area contributed by atoms with Crippen molar-refractivity contribution in [1.29, 1.82) is 0 Å². The van der Waals surface area contributed by atoms with E-state index in [0.717, 1.165) is 0 Å². The lowest BCUT2D eigenvalue weighted by Crippen LogP contribution is -2.11. The van der Waals surface area contributed by atoms with Gasteiger partial charge in [-0.3, -0.25) is 0 Å². The Morgan fingerprint density at radius 1 is 0.867 bits per heavy atom. The molecule has 0 saturated carbocycles. The van der Waals surface area contributed by atoms with Crippen molar-refractivity contribution < 1.29 is 5.21 Å². The molecule has 2 aromatic heterocycles. The molecule has 2 heterocycles. The first-order valence-corrected chi connectivity index (χ1v) is 4.18. The molecule has 1 N–H and O–H groups in total. The van der Waals surface area contributed by atoms with E-state index < -0.39 is 0 Å². The lowest BCUT2D eigenvalue weighted by atomic mass is 10.3. The summed E-state index contributed by atoms with van der Waals surface area (Å²) in [5.41, 5.74) is 0.149. The van der Waals surface area contributed by atoms with Crippen LogP contribution in [-0.2, 0) is 0 Å². The summed E-state index contributed by atoms with van der Waals surface area (Å²) in [4.78, 5) is 15.8. The molecular formula is C9H7N5O. The van der Waals surface area contributed by atoms with Crippen molar-refractivity contribution >= 4 is 5.71 Å². The van der Waals surface area contributed by atoms with E-state index in [0.29, 0.717) is 0 Å². The first-order valence-electron chi connectivity index (χ1n) is 4.18. The lowest BCUT2D eigenvalue weighted by molar-refractivity contribution is 0.319. The molecule has 6 heteroatoms. The normalized spacial score (nSPS) is 9.60. The highest BCUT2D eigenvalue weighted by Gasteiger charge is 2.12. The van der Waals surface area contributed by atoms with E-state index in [-0.39, 0.29) is 17.4 Å². The van der Waals surface area contributed by atoms with Crippen molar-refractivity contribution in [3.05, 3.63) is 48.6 Å². The highest BCUT2D eigenvalue weighted by molar-refractivity contribution is 6.07. The van der Waals surface area contributed by atoms with Gasteiger partial charge in [0.1, 0.15) is 0 Å². The van der Waals surface area contributed by atoms with Crippen LogP contribution in [0.4, 0.5) is 0 Å². The van der Waals surface area contributed by atoms with Gasteiger partial charge in [0.15, 0.2) is 17.4 Å². The average molecular weight is 201 g/mol. The first-order chi connectivity index (χ1) is 7.42. The zero-order valence-electron chi connectivity index (χ0n) is 7.65. The van der Waals surface area contributed by atoms with Crippen LogP contribution >= 0.6 is 0 Å². The number of oxime groups is 1. The van der Waals surface area contributed by atoms with Crippen LogP contribution in [0.1, 0.15) is 11.6 Å². The maximum atomic E-state index is 8.86. The van der Waals surface area contributed by atoms with Crippen LogP contribution in [-0.4, -0.2) is 30.9 Å². The van der Waals surface area contributed by atoms with Gasteiger partial charge in [-0.05, 0) is 12.1 Å². The third-order valence-electron chi connectivity index (χ3n) is 1.66. The van der Waals surface area contributed by atoms with Gasteiger partial charge in [0.2, 0.25) is 0 Å². The van der Waals surface area contributed by atoms with E-state index >= 15 is 0 Å². The quantitative estimate of drug-likeness (QED) is 0.434. The van der Waals surface area contributed by atoms with Gasteiger partial charge in [-0.2, -0.15) is 0 Å². The number of hydrogen-bond acceptors (Lipinski definition) is 6. The predicted octanol–water partition coefficient (Wildman–Crippen LogP) is 0.493. The van der Waals surface area contributed by atoms with Crippen LogP contribution in [0, 0.1) is 0 Å². The topological polar surface area (TPSA) is 84.2 Å². The van der Waals surface area contributed by atoms with Crippen LogP contribution in [0.15, 0.2) is 42.1 Å². The van der Waals surface area contributed by atoms with E-state index in [2.05, 4.69) is 25.1 Å². The smallest absolute Gasteiger partial charge is 0.191 e. The van der Waals surface area contributed by atoms with Gasteiger partial charge in [0.05, 0.1) is 0 Å². The molecule has 0 aliphatic carbocycles. The molecule has 74 valence electrons. The Bertz CT molecular complexity index is 415. The third-order valence-corrected chi connectivity index (χ3v) is 1.66. The van der Waals surface area contributed by atoms with Crippen LogP contribution in [0.5, 0.6) is 0 Å². The molecule has 0 atom stereocenters. The fraction of sp³-hybridized carbons (Fsp3) is 0. The molecule has 15 heavy (non-hydrogen) atoms. The van der Waals surface area contributed by atoms with Crippen molar-refractivity contribution in [2.75, 3.05) is 0 Å². The van der Waals surface area contributed by atoms with Crippen molar-refractivity contribution in [3.63, 3.8) is 0 Å². The maximum absolute atomic E-state index is 8.86. The van der Waals surface area contributed by atoms with E-state index in [1.807, 2.05) is 0 Å². The SMILES string of the molecule is ON=C(c1ncccn1)c1ncccn1. The third kappa shape index (κ3) is 1.93. The Balaban J connectivity index is 2.44. The molecule has 0 fully saturated rings. The van der Waals surface area contributed by atoms with Crippen molar-refractivity contribution in [2.45, 2.75) is 0 Å². The Morgan fingerprint density at radius 3 is 1.60 bits per heavy atom. The van der Waals surface area contributed by atoms with E-state index in [1.54, 1.807) is 36.9 Å². The molecule has 0 aliphatic rings. The largest absolute Gasteiger partial charge is 0.410 e. The highest BCUT2D eigenvalue weighted by Crippen LogP contribution is 1.99. The fourth-order valence-electron chi connectivity index (χ4n) is 1.03. The number of rotatable bonds is 2. The molecule has 0 spiro atoms. The molecule has 6 nitrogen and oxygen atoms in total. The van der Waals surface area contributed by atoms with E-state index in [9.17, 15) is 0 Å². The second-order valence-corrected chi connectivity index (χ2v) is 2.59. The minimum absolute atomic E-state index is 0.149. The van der Waals surface area contributed by atoms with Crippen molar-refractivity contribution in [1.82, 2.24) is 19.9 Å². The summed E-state index contributed by atoms with van der Waals surface area (Å²) < 4.78 is 0. The molecular weight excluding hydrogens is 194 g/mol. The van der Waals surface area contributed by atoms with Gasteiger partial charge in [0.25, 0.3) is 0 Å². The van der Waals surface area contributed by atoms with Gasteiger partial charge in [-0.15, -0.1) is 0 Å². The summed E-state index contributed by atoms with van der Waals surface area (Å²) in [5, 5.41) is 12.0. The Kier molecular flexibility index (Phi) is 2.59. The monoisotopic (exact) mass is 201 g/mol. The Morgan fingerprint density at radius 2 is 1.27 bits per heavy atom. The van der Waals surface area contributed by atoms with Gasteiger partial charge >= 0.3 is 0 Å². The maximum Gasteiger partial charge on any atom is 0.191 e. The minimum Gasteiger partial charge on any atom is -0.410 e. The Hall–Kier alpha value is -2.37. The predicted molar refractivity (Wildman–Crippen MR) is 51.5 cm³/mol. The molecule has 0 bridgehead atoms. The zero-order chi connectivity index (χ0) is 10.5. The number of hydrogen-bond donors (Lipinski definition) is 1. The summed E-state index contributed by atoms with van der Waals surface area (Å²) in [7, 11) is 0. The molecule has 0 unspecified atom stereocenters. The van der Waals surface area contributed by atoms with Gasteiger partial charge in [0, 0.05) is 24.8 Å². The zero-order valence-corrected chi connectivity index (χ0v) is 7.65. The fourth-order valence-corrected chi connectivity index (χ4v) is 1.03. The molecule has 0 aromatic carbocycles. The molecule has 0 amide bonds. The summed E-state index contributed by atoms with van der Waals surface area (Å²) in [6, 6.07) is 3.34. The van der Waals surface area contributed by atoms with Crippen LogP contribution < -0.4 is 0 Å². The number of aromatic nitrogens is 4. The summed E-state index contributed by atoms with van der Waals surface area (Å²) in [5.74, 6) is 0.567. The molecule has 0 saturated heterocycles. The molecule has 0 aliphatic heterocycles. The average Bonchev–Trinajstić information content (AvgIpc) is 2.33. The second-order valence-electron chi connectivity index (χ2n) is 2.59. The summed E-state index contributed by atoms with van der Waals surface area (Å²) in [6.07, 6.45) is 6.21. The van der Waals surface area contributed by atoms with Crippen molar-refractivity contribution in [3.8, 4) is 0 Å². The highest BCUT2D eigenvalue weighted by atomic mass is 16.4. The van der Waals surface area contributed by atoms with Gasteiger partial charge < -0.3 is 5.21 Å². The van der Waals surface area contributed by atoms with Crippen molar-refractivity contribution in [2.24, 2.45) is 5.16 Å². The number of nitrogens with zero attached hydrogens (tertiary/aromatic N) is 5. The first kappa shape index (κ1) is 9.20. The second kappa shape index (κ2) is 4.23. The van der Waals surface area contributed by atoms with Crippen LogP contribution in [0.2, 0.25) is 0 Å². The van der Waals surface area contributed by atoms with Gasteiger partial charge in [-0.1, -0.05) is 5.16 Å². The van der Waals surface area contributed by atoms with Crippen LogP contribution in [0.25, 0.3) is 0 Å². The Labute approximate surface area is 85.4 Å². The summed E-state index contributed by atoms with van der Waals surface area (Å²) in [6.45, 7) is 0.